The molecule has 1 amide bonds. The van der Waals surface area contributed by atoms with Crippen molar-refractivity contribution >= 4 is 38.9 Å². The third kappa shape index (κ3) is 6.60. The summed E-state index contributed by atoms with van der Waals surface area (Å²) in [5, 5.41) is 12.2. The molecule has 3 aromatic carbocycles. The number of carbonyl (C=O) groups excluding carboxylic acids is 1. The molecule has 40 heavy (non-hydrogen) atoms. The summed E-state index contributed by atoms with van der Waals surface area (Å²) in [6.45, 7) is 0.985. The van der Waals surface area contributed by atoms with Gasteiger partial charge in [-0.1, -0.05) is 24.3 Å². The number of nitrogens with zero attached hydrogens (tertiary/aromatic N) is 2. The molecule has 0 spiro atoms. The summed E-state index contributed by atoms with van der Waals surface area (Å²) in [6.07, 6.45) is -3.16. The molecule has 1 atom stereocenters. The number of nitrogens with one attached hydrogen (secondary N) is 1. The zero-order valence-electron chi connectivity index (χ0n) is 20.6. The number of likely N-dealkylation sites (tertiary alicyclic amines) is 1. The Hall–Kier alpha value is -4.37. The number of rotatable bonds is 6. The Bertz CT molecular complexity index is 1580. The molecule has 0 aromatic heterocycles. The highest BCUT2D eigenvalue weighted by Gasteiger charge is 2.38. The summed E-state index contributed by atoms with van der Waals surface area (Å²) in [5.74, 6) is 3.41. The Morgan fingerprint density at radius 3 is 2.45 bits per heavy atom. The lowest BCUT2D eigenvalue weighted by Gasteiger charge is -2.18. The molecule has 0 bridgehead atoms. The molecule has 1 fully saturated rings. The minimum Gasteiger partial charge on any atom is -0.475 e. The first-order valence-corrected chi connectivity index (χ1v) is 13.1. The first kappa shape index (κ1) is 28.6. The topological polar surface area (TPSA) is 161 Å². The highest BCUT2D eigenvalue weighted by molar-refractivity contribution is 7.89. The van der Waals surface area contributed by atoms with Crippen LogP contribution in [0.25, 0.3) is 10.8 Å². The standard InChI is InChI=1S/C23H22N4O5S.C2HF3O2/c24-25-12-15-2-1-3-16(8-15)13-27-7-6-20(23(27)28)26-33(29,30)19-5-4-17-10-21-22(32-14-31-21)11-18(17)9-19;3-2(4,5)1(6)7/h1-5,8-12,20,26H,6-7,13-14,24H2;(H,6,7)/t20-;/m0./s1. The van der Waals surface area contributed by atoms with Gasteiger partial charge in [-0.3, -0.25) is 4.79 Å². The average Bonchev–Trinajstić information content (AvgIpc) is 3.48. The Labute approximate surface area is 226 Å². The molecule has 2 aliphatic rings. The molecule has 4 N–H and O–H groups in total. The summed E-state index contributed by atoms with van der Waals surface area (Å²) >= 11 is 0. The summed E-state index contributed by atoms with van der Waals surface area (Å²) < 4.78 is 71.1. The summed E-state index contributed by atoms with van der Waals surface area (Å²) in [6, 6.07) is 15.1. The molecule has 3 aromatic rings. The number of hydrazone groups is 1. The van der Waals surface area contributed by atoms with Crippen molar-refractivity contribution in [3.05, 3.63) is 65.7 Å². The molecular formula is C25H23F3N4O7S. The maximum atomic E-state index is 13.0. The van der Waals surface area contributed by atoms with Crippen molar-refractivity contribution in [3.63, 3.8) is 0 Å². The lowest BCUT2D eigenvalue weighted by atomic mass is 10.1. The van der Waals surface area contributed by atoms with Crippen molar-refractivity contribution in [1.82, 2.24) is 9.62 Å². The number of alkyl halides is 3. The van der Waals surface area contributed by atoms with E-state index in [-0.39, 0.29) is 17.6 Å². The number of aliphatic carboxylic acids is 1. The van der Waals surface area contributed by atoms with Gasteiger partial charge in [0.1, 0.15) is 6.04 Å². The molecule has 0 aliphatic carbocycles. The largest absolute Gasteiger partial charge is 0.490 e. The third-order valence-corrected chi connectivity index (χ3v) is 7.47. The van der Waals surface area contributed by atoms with Gasteiger partial charge in [0, 0.05) is 13.1 Å². The molecular weight excluding hydrogens is 557 g/mol. The van der Waals surface area contributed by atoms with Gasteiger partial charge in [-0.25, -0.2) is 13.2 Å². The number of hydrogen-bond donors (Lipinski definition) is 3. The number of carboxylic acid groups (broad SMARTS) is 1. The smallest absolute Gasteiger partial charge is 0.475 e. The van der Waals surface area contributed by atoms with E-state index < -0.39 is 28.2 Å². The van der Waals surface area contributed by atoms with Gasteiger partial charge >= 0.3 is 12.1 Å². The van der Waals surface area contributed by atoms with Crippen molar-refractivity contribution in [3.8, 4) is 11.5 Å². The van der Waals surface area contributed by atoms with Crippen LogP contribution in [-0.2, 0) is 26.2 Å². The van der Waals surface area contributed by atoms with Crippen molar-refractivity contribution in [2.45, 2.75) is 30.1 Å². The van der Waals surface area contributed by atoms with Gasteiger partial charge in [-0.15, -0.1) is 0 Å². The van der Waals surface area contributed by atoms with Gasteiger partial charge in [0.2, 0.25) is 22.7 Å². The van der Waals surface area contributed by atoms with Crippen molar-refractivity contribution in [2.75, 3.05) is 13.3 Å². The van der Waals surface area contributed by atoms with Crippen LogP contribution in [0.5, 0.6) is 11.5 Å². The summed E-state index contributed by atoms with van der Waals surface area (Å²) in [5.41, 5.74) is 1.75. The quantitative estimate of drug-likeness (QED) is 0.228. The normalized spacial score (nSPS) is 16.8. The first-order chi connectivity index (χ1) is 18.9. The molecule has 2 aliphatic heterocycles. The number of halogens is 3. The fourth-order valence-electron chi connectivity index (χ4n) is 4.12. The SMILES string of the molecule is NN=Cc1cccc(CN2CC[C@H](NS(=O)(=O)c3ccc4cc5c(cc4c3)OCO5)C2=O)c1.O=C(O)C(F)(F)F. The van der Waals surface area contributed by atoms with E-state index >= 15 is 0 Å². The maximum absolute atomic E-state index is 13.0. The molecule has 1 saturated heterocycles. The van der Waals surface area contributed by atoms with E-state index in [4.69, 9.17) is 25.2 Å². The highest BCUT2D eigenvalue weighted by Crippen LogP contribution is 2.36. The molecule has 0 saturated carbocycles. The first-order valence-electron chi connectivity index (χ1n) is 11.6. The van der Waals surface area contributed by atoms with Gasteiger partial charge < -0.3 is 25.3 Å². The second-order valence-electron chi connectivity index (χ2n) is 8.76. The van der Waals surface area contributed by atoms with Gasteiger partial charge in [-0.05, 0) is 58.7 Å². The predicted molar refractivity (Wildman–Crippen MR) is 136 cm³/mol. The molecule has 212 valence electrons. The van der Waals surface area contributed by atoms with E-state index in [0.717, 1.165) is 16.5 Å². The lowest BCUT2D eigenvalue weighted by Crippen LogP contribution is -2.41. The fourth-order valence-corrected chi connectivity index (χ4v) is 5.38. The van der Waals surface area contributed by atoms with Gasteiger partial charge in [-0.2, -0.15) is 23.0 Å². The van der Waals surface area contributed by atoms with Crippen LogP contribution in [-0.4, -0.2) is 62.1 Å². The Kier molecular flexibility index (Phi) is 8.16. The van der Waals surface area contributed by atoms with E-state index in [2.05, 4.69) is 9.82 Å². The average molecular weight is 581 g/mol. The number of amides is 1. The molecule has 2 heterocycles. The van der Waals surface area contributed by atoms with Crippen LogP contribution in [0.4, 0.5) is 13.2 Å². The highest BCUT2D eigenvalue weighted by atomic mass is 32.2. The number of sulfonamides is 1. The third-order valence-electron chi connectivity index (χ3n) is 6.00. The number of fused-ring (bicyclic) bond motifs is 2. The second kappa shape index (κ2) is 11.4. The number of carbonyl (C=O) groups is 2. The van der Waals surface area contributed by atoms with E-state index in [9.17, 15) is 26.4 Å². The van der Waals surface area contributed by atoms with Crippen LogP contribution >= 0.6 is 0 Å². The second-order valence-corrected chi connectivity index (χ2v) is 10.5. The van der Waals surface area contributed by atoms with Gasteiger partial charge in [0.05, 0.1) is 11.1 Å². The summed E-state index contributed by atoms with van der Waals surface area (Å²) in [7, 11) is -3.89. The zero-order chi connectivity index (χ0) is 29.1. The fraction of sp³-hybridized carbons (Fsp3) is 0.240. The van der Waals surface area contributed by atoms with Crippen LogP contribution in [0.2, 0.25) is 0 Å². The van der Waals surface area contributed by atoms with Crippen molar-refractivity contribution < 1.29 is 45.8 Å². The molecule has 15 heteroatoms. The van der Waals surface area contributed by atoms with Crippen LogP contribution < -0.4 is 20.0 Å². The van der Waals surface area contributed by atoms with E-state index in [1.165, 1.54) is 12.3 Å². The number of nitrogens with two attached hydrogens (primary N) is 1. The van der Waals surface area contributed by atoms with Crippen LogP contribution in [0.3, 0.4) is 0 Å². The van der Waals surface area contributed by atoms with E-state index in [1.807, 2.05) is 30.3 Å². The zero-order valence-corrected chi connectivity index (χ0v) is 21.4. The number of ether oxygens (including phenoxy) is 2. The monoisotopic (exact) mass is 580 g/mol. The Balaban J connectivity index is 0.000000470. The van der Waals surface area contributed by atoms with Crippen molar-refractivity contribution in [2.24, 2.45) is 10.9 Å². The number of hydrogen-bond acceptors (Lipinski definition) is 8. The Morgan fingerprint density at radius 2 is 1.80 bits per heavy atom. The van der Waals surface area contributed by atoms with Crippen LogP contribution in [0, 0.1) is 0 Å². The molecule has 0 radical (unpaired) electrons. The van der Waals surface area contributed by atoms with Crippen LogP contribution in [0.15, 0.2) is 64.6 Å². The lowest BCUT2D eigenvalue weighted by molar-refractivity contribution is -0.192. The minimum absolute atomic E-state index is 0.0916. The van der Waals surface area contributed by atoms with E-state index in [1.54, 1.807) is 23.1 Å². The maximum Gasteiger partial charge on any atom is 0.490 e. The van der Waals surface area contributed by atoms with Gasteiger partial charge in [0.15, 0.2) is 11.5 Å². The number of benzene rings is 3. The van der Waals surface area contributed by atoms with Crippen LogP contribution in [0.1, 0.15) is 17.5 Å². The molecule has 5 rings (SSSR count). The minimum atomic E-state index is -5.08. The van der Waals surface area contributed by atoms with Gasteiger partial charge in [0.25, 0.3) is 0 Å². The predicted octanol–water partition coefficient (Wildman–Crippen LogP) is 2.57. The molecule has 0 unspecified atom stereocenters. The Morgan fingerprint density at radius 1 is 1.12 bits per heavy atom. The van der Waals surface area contributed by atoms with Crippen molar-refractivity contribution in [1.29, 1.82) is 0 Å². The molecule has 11 nitrogen and oxygen atoms in total. The van der Waals surface area contributed by atoms with E-state index in [0.29, 0.717) is 36.4 Å². The number of carboxylic acids is 1. The summed E-state index contributed by atoms with van der Waals surface area (Å²) in [4.78, 5) is 23.5.